The molecule has 0 heterocycles. The molecule has 0 spiro atoms. The molecule has 0 aromatic heterocycles. The monoisotopic (exact) mass is 196 g/mol. The lowest BCUT2D eigenvalue weighted by Crippen LogP contribution is -2.10. The Labute approximate surface area is 86.7 Å². The molecule has 0 aliphatic rings. The van der Waals surface area contributed by atoms with Crippen LogP contribution in [-0.2, 0) is 0 Å². The van der Waals surface area contributed by atoms with Crippen LogP contribution >= 0.6 is 0 Å². The fourth-order valence-corrected chi connectivity index (χ4v) is 1.47. The second-order valence-electron chi connectivity index (χ2n) is 3.25. The smallest absolute Gasteiger partial charge is 0.248 e. The first-order valence-electron chi connectivity index (χ1n) is 4.44. The minimum Gasteiger partial charge on any atom is -0.366 e. The van der Waals surface area contributed by atoms with Gasteiger partial charge in [0.15, 0.2) is 0 Å². The van der Waals surface area contributed by atoms with Gasteiger partial charge in [-0.25, -0.2) is 0 Å². The molecule has 0 saturated heterocycles. The van der Waals surface area contributed by atoms with E-state index in [0.29, 0.717) is 11.1 Å². The summed E-state index contributed by atoms with van der Waals surface area (Å²) in [7, 11) is 0. The molecule has 2 N–H and O–H groups in total. The van der Waals surface area contributed by atoms with Gasteiger partial charge in [0.2, 0.25) is 5.91 Å². The van der Waals surface area contributed by atoms with Crippen LogP contribution in [0.15, 0.2) is 36.4 Å². The van der Waals surface area contributed by atoms with Crippen LogP contribution in [0.1, 0.15) is 15.9 Å². The van der Waals surface area contributed by atoms with E-state index in [0.717, 1.165) is 10.8 Å². The molecule has 2 aromatic rings. The van der Waals surface area contributed by atoms with Crippen molar-refractivity contribution < 1.29 is 4.79 Å². The Balaban J connectivity index is 2.69. The van der Waals surface area contributed by atoms with Gasteiger partial charge >= 0.3 is 0 Å². The van der Waals surface area contributed by atoms with E-state index in [1.165, 1.54) is 0 Å². The largest absolute Gasteiger partial charge is 0.366 e. The van der Waals surface area contributed by atoms with Gasteiger partial charge in [-0.05, 0) is 35.0 Å². The molecule has 2 aromatic carbocycles. The predicted octanol–water partition coefficient (Wildman–Crippen LogP) is 1.81. The van der Waals surface area contributed by atoms with Gasteiger partial charge in [0, 0.05) is 5.56 Å². The van der Waals surface area contributed by atoms with Crippen LogP contribution in [0.2, 0.25) is 0 Å². The van der Waals surface area contributed by atoms with E-state index in [4.69, 9.17) is 11.0 Å². The molecule has 0 atom stereocenters. The molecule has 0 radical (unpaired) electrons. The van der Waals surface area contributed by atoms with E-state index < -0.39 is 5.91 Å². The van der Waals surface area contributed by atoms with E-state index in [1.807, 2.05) is 12.1 Å². The number of nitrogens with two attached hydrogens (primary N) is 1. The van der Waals surface area contributed by atoms with Gasteiger partial charge in [0.1, 0.15) is 0 Å². The van der Waals surface area contributed by atoms with Crippen molar-refractivity contribution >= 4 is 16.7 Å². The highest BCUT2D eigenvalue weighted by Crippen LogP contribution is 2.17. The van der Waals surface area contributed by atoms with Crippen LogP contribution in [0.3, 0.4) is 0 Å². The van der Waals surface area contributed by atoms with Crippen molar-refractivity contribution in [3.63, 3.8) is 0 Å². The first-order chi connectivity index (χ1) is 7.20. The Morgan fingerprint density at radius 3 is 2.53 bits per heavy atom. The van der Waals surface area contributed by atoms with Gasteiger partial charge in [-0.1, -0.05) is 12.1 Å². The normalized spacial score (nSPS) is 9.80. The fourth-order valence-electron chi connectivity index (χ4n) is 1.47. The maximum atomic E-state index is 11.0. The Kier molecular flexibility index (Phi) is 2.11. The fraction of sp³-hybridized carbons (Fsp3) is 0. The van der Waals surface area contributed by atoms with Crippen LogP contribution in [0.25, 0.3) is 10.8 Å². The summed E-state index contributed by atoms with van der Waals surface area (Å²) in [4.78, 5) is 11.0. The van der Waals surface area contributed by atoms with Crippen molar-refractivity contribution in [2.75, 3.05) is 0 Å². The zero-order valence-corrected chi connectivity index (χ0v) is 7.90. The molecule has 0 bridgehead atoms. The minimum absolute atomic E-state index is 0.456. The van der Waals surface area contributed by atoms with Crippen LogP contribution in [0.5, 0.6) is 0 Å². The van der Waals surface area contributed by atoms with Crippen molar-refractivity contribution in [2.45, 2.75) is 0 Å². The van der Waals surface area contributed by atoms with E-state index in [2.05, 4.69) is 6.07 Å². The molecule has 0 aliphatic carbocycles. The molecular formula is C12H8N2O. The second-order valence-corrected chi connectivity index (χ2v) is 3.25. The first-order valence-corrected chi connectivity index (χ1v) is 4.44. The lowest BCUT2D eigenvalue weighted by atomic mass is 10.0. The Bertz CT molecular complexity index is 582. The van der Waals surface area contributed by atoms with Gasteiger partial charge < -0.3 is 5.73 Å². The molecule has 1 amide bonds. The van der Waals surface area contributed by atoms with Gasteiger partial charge in [-0.15, -0.1) is 0 Å². The quantitative estimate of drug-likeness (QED) is 0.755. The zero-order valence-electron chi connectivity index (χ0n) is 7.90. The van der Waals surface area contributed by atoms with Gasteiger partial charge in [-0.2, -0.15) is 5.26 Å². The zero-order chi connectivity index (χ0) is 10.8. The van der Waals surface area contributed by atoms with Gasteiger partial charge in [0.05, 0.1) is 11.6 Å². The number of fused-ring (bicyclic) bond motifs is 1. The number of hydrogen-bond donors (Lipinski definition) is 1. The Morgan fingerprint density at radius 2 is 1.87 bits per heavy atom. The van der Waals surface area contributed by atoms with Gasteiger partial charge in [0.25, 0.3) is 0 Å². The average Bonchev–Trinajstić information content (AvgIpc) is 2.27. The molecule has 3 nitrogen and oxygen atoms in total. The number of carbonyl (C=O) groups is 1. The van der Waals surface area contributed by atoms with Gasteiger partial charge in [-0.3, -0.25) is 4.79 Å². The summed E-state index contributed by atoms with van der Waals surface area (Å²) in [5.41, 5.74) is 6.20. The molecular weight excluding hydrogens is 188 g/mol. The molecule has 0 unspecified atom stereocenters. The van der Waals surface area contributed by atoms with E-state index >= 15 is 0 Å². The van der Waals surface area contributed by atoms with Crippen LogP contribution in [0, 0.1) is 11.3 Å². The Hall–Kier alpha value is -2.34. The highest BCUT2D eigenvalue weighted by molar-refractivity contribution is 5.97. The number of nitriles is 1. The van der Waals surface area contributed by atoms with Crippen LogP contribution < -0.4 is 5.73 Å². The summed E-state index contributed by atoms with van der Waals surface area (Å²) >= 11 is 0. The van der Waals surface area contributed by atoms with Crippen molar-refractivity contribution in [1.29, 1.82) is 5.26 Å². The maximum absolute atomic E-state index is 11.0. The van der Waals surface area contributed by atoms with E-state index in [9.17, 15) is 4.79 Å². The van der Waals surface area contributed by atoms with Crippen molar-refractivity contribution in [3.8, 4) is 6.07 Å². The SMILES string of the molecule is N#Cc1ccc2ccc(C(N)=O)cc2c1. The Morgan fingerprint density at radius 1 is 1.13 bits per heavy atom. The second kappa shape index (κ2) is 3.43. The lowest BCUT2D eigenvalue weighted by Gasteiger charge is -2.00. The number of benzene rings is 2. The lowest BCUT2D eigenvalue weighted by molar-refractivity contribution is 0.100. The third kappa shape index (κ3) is 1.65. The predicted molar refractivity (Wildman–Crippen MR) is 57.2 cm³/mol. The number of primary amides is 1. The van der Waals surface area contributed by atoms with Crippen molar-refractivity contribution in [3.05, 3.63) is 47.5 Å². The number of rotatable bonds is 1. The molecule has 0 fully saturated rings. The van der Waals surface area contributed by atoms with Crippen molar-refractivity contribution in [2.24, 2.45) is 5.73 Å². The third-order valence-electron chi connectivity index (χ3n) is 2.25. The van der Waals surface area contributed by atoms with Crippen LogP contribution in [-0.4, -0.2) is 5.91 Å². The standard InChI is InChI=1S/C12H8N2O/c13-7-8-1-2-9-3-4-10(12(14)15)6-11(9)5-8/h1-6H,(H2,14,15). The number of nitrogens with zero attached hydrogens (tertiary/aromatic N) is 1. The minimum atomic E-state index is -0.459. The van der Waals surface area contributed by atoms with E-state index in [-0.39, 0.29) is 0 Å². The molecule has 2 rings (SSSR count). The van der Waals surface area contributed by atoms with E-state index in [1.54, 1.807) is 24.3 Å². The summed E-state index contributed by atoms with van der Waals surface area (Å²) < 4.78 is 0. The number of amides is 1. The third-order valence-corrected chi connectivity index (χ3v) is 2.25. The highest BCUT2D eigenvalue weighted by atomic mass is 16.1. The summed E-state index contributed by atoms with van der Waals surface area (Å²) in [6, 6.07) is 12.6. The number of hydrogen-bond acceptors (Lipinski definition) is 2. The number of carbonyl (C=O) groups excluding carboxylic acids is 1. The van der Waals surface area contributed by atoms with Crippen molar-refractivity contribution in [1.82, 2.24) is 0 Å². The molecule has 3 heteroatoms. The van der Waals surface area contributed by atoms with Crippen LogP contribution in [0.4, 0.5) is 0 Å². The maximum Gasteiger partial charge on any atom is 0.248 e. The molecule has 15 heavy (non-hydrogen) atoms. The molecule has 72 valence electrons. The highest BCUT2D eigenvalue weighted by Gasteiger charge is 2.02. The summed E-state index contributed by atoms with van der Waals surface area (Å²) in [5, 5.41) is 10.6. The molecule has 0 saturated carbocycles. The summed E-state index contributed by atoms with van der Waals surface area (Å²) in [6.45, 7) is 0. The molecule has 0 aliphatic heterocycles. The average molecular weight is 196 g/mol. The summed E-state index contributed by atoms with van der Waals surface area (Å²) in [6.07, 6.45) is 0. The topological polar surface area (TPSA) is 66.9 Å². The first kappa shape index (κ1) is 9.22. The summed E-state index contributed by atoms with van der Waals surface area (Å²) in [5.74, 6) is -0.459.